The molecule has 1 fully saturated rings. The van der Waals surface area contributed by atoms with Crippen LogP contribution in [0.15, 0.2) is 35.0 Å². The lowest BCUT2D eigenvalue weighted by Crippen LogP contribution is -2.42. The van der Waals surface area contributed by atoms with E-state index in [-0.39, 0.29) is 17.9 Å². The van der Waals surface area contributed by atoms with Crippen LogP contribution in [0.5, 0.6) is 0 Å². The Kier molecular flexibility index (Phi) is 5.22. The molecular formula is C22H27N5O2. The number of likely N-dealkylation sites (N-methyl/N-ethyl adjacent to an activating group) is 1. The van der Waals surface area contributed by atoms with E-state index in [2.05, 4.69) is 42.3 Å². The van der Waals surface area contributed by atoms with E-state index < -0.39 is 0 Å². The highest BCUT2D eigenvalue weighted by Gasteiger charge is 2.41. The summed E-state index contributed by atoms with van der Waals surface area (Å²) in [5.41, 5.74) is 4.68. The van der Waals surface area contributed by atoms with Gasteiger partial charge in [0.15, 0.2) is 5.82 Å². The number of likely N-dealkylation sites (tertiary alicyclic amines) is 1. The van der Waals surface area contributed by atoms with Crippen molar-refractivity contribution in [1.82, 2.24) is 24.8 Å². The average molecular weight is 393 g/mol. The molecule has 29 heavy (non-hydrogen) atoms. The van der Waals surface area contributed by atoms with Gasteiger partial charge in [-0.2, -0.15) is 10.1 Å². The lowest BCUT2D eigenvalue weighted by atomic mass is 9.86. The first-order valence-corrected chi connectivity index (χ1v) is 10.1. The van der Waals surface area contributed by atoms with Gasteiger partial charge >= 0.3 is 0 Å². The molecule has 7 nitrogen and oxygen atoms in total. The molecule has 7 heteroatoms. The van der Waals surface area contributed by atoms with Gasteiger partial charge in [0.05, 0.1) is 17.7 Å². The number of amides is 1. The highest BCUT2D eigenvalue weighted by molar-refractivity contribution is 5.78. The summed E-state index contributed by atoms with van der Waals surface area (Å²) in [6.07, 6.45) is 3.57. The molecule has 1 aliphatic rings. The Balaban J connectivity index is 1.63. The van der Waals surface area contributed by atoms with Crippen LogP contribution < -0.4 is 0 Å². The lowest BCUT2D eigenvalue weighted by molar-refractivity contribution is -0.137. The van der Waals surface area contributed by atoms with E-state index >= 15 is 0 Å². The molecule has 152 valence electrons. The summed E-state index contributed by atoms with van der Waals surface area (Å²) in [5.74, 6) is 1.39. The number of hydrogen-bond acceptors (Lipinski definition) is 5. The quantitative estimate of drug-likeness (QED) is 0.663. The van der Waals surface area contributed by atoms with Crippen molar-refractivity contribution in [3.63, 3.8) is 0 Å². The van der Waals surface area contributed by atoms with Crippen molar-refractivity contribution in [2.45, 2.75) is 52.0 Å². The van der Waals surface area contributed by atoms with Gasteiger partial charge in [-0.3, -0.25) is 9.48 Å². The molecule has 0 spiro atoms. The van der Waals surface area contributed by atoms with Gasteiger partial charge < -0.3 is 9.42 Å². The molecule has 0 radical (unpaired) electrons. The summed E-state index contributed by atoms with van der Waals surface area (Å²) in [7, 11) is 1.90. The number of aryl methyl sites for hydroxylation is 3. The second-order valence-corrected chi connectivity index (χ2v) is 7.79. The second-order valence-electron chi connectivity index (χ2n) is 7.79. The number of piperidine rings is 1. The molecule has 0 saturated carbocycles. The Morgan fingerprint density at radius 2 is 2.03 bits per heavy atom. The van der Waals surface area contributed by atoms with Gasteiger partial charge in [0.25, 0.3) is 0 Å². The highest BCUT2D eigenvalue weighted by atomic mass is 16.5. The number of nitrogens with zero attached hydrogens (tertiary/aromatic N) is 5. The summed E-state index contributed by atoms with van der Waals surface area (Å²) >= 11 is 0. The largest absolute Gasteiger partial charge is 0.339 e. The summed E-state index contributed by atoms with van der Waals surface area (Å²) in [5, 5.41) is 8.54. The van der Waals surface area contributed by atoms with Crippen LogP contribution in [0.4, 0.5) is 0 Å². The van der Waals surface area contributed by atoms with Gasteiger partial charge in [-0.25, -0.2) is 0 Å². The summed E-state index contributed by atoms with van der Waals surface area (Å²) < 4.78 is 7.52. The van der Waals surface area contributed by atoms with Crippen molar-refractivity contribution in [3.05, 3.63) is 64.6 Å². The van der Waals surface area contributed by atoms with Crippen LogP contribution in [0, 0.1) is 13.8 Å². The fourth-order valence-corrected chi connectivity index (χ4v) is 4.21. The fourth-order valence-electron chi connectivity index (χ4n) is 4.21. The van der Waals surface area contributed by atoms with Crippen LogP contribution in [0.25, 0.3) is 0 Å². The van der Waals surface area contributed by atoms with Crippen LogP contribution >= 0.6 is 0 Å². The zero-order chi connectivity index (χ0) is 20.5. The van der Waals surface area contributed by atoms with Crippen LogP contribution in [0.3, 0.4) is 0 Å². The van der Waals surface area contributed by atoms with E-state index in [1.54, 1.807) is 6.20 Å². The Morgan fingerprint density at radius 3 is 2.72 bits per heavy atom. The number of rotatable bonds is 5. The molecular weight excluding hydrogens is 366 g/mol. The summed E-state index contributed by atoms with van der Waals surface area (Å²) in [6, 6.07) is 8.21. The first-order valence-electron chi connectivity index (χ1n) is 10.1. The van der Waals surface area contributed by atoms with Crippen molar-refractivity contribution < 1.29 is 9.32 Å². The number of carbonyl (C=O) groups is 1. The van der Waals surface area contributed by atoms with Gasteiger partial charge in [-0.05, 0) is 49.9 Å². The average Bonchev–Trinajstić information content (AvgIpc) is 3.33. The zero-order valence-corrected chi connectivity index (χ0v) is 17.4. The number of hydrogen-bond donors (Lipinski definition) is 0. The third-order valence-electron chi connectivity index (χ3n) is 5.94. The molecule has 3 heterocycles. The Bertz CT molecular complexity index is 1020. The smallest absolute Gasteiger partial charge is 0.232 e. The van der Waals surface area contributed by atoms with Crippen molar-refractivity contribution in [2.75, 3.05) is 6.54 Å². The first-order chi connectivity index (χ1) is 14.0. The maximum absolute atomic E-state index is 12.6. The maximum Gasteiger partial charge on any atom is 0.232 e. The number of aromatic nitrogens is 4. The molecule has 1 aliphatic heterocycles. The Morgan fingerprint density at radius 1 is 1.21 bits per heavy atom. The predicted octanol–water partition coefficient (Wildman–Crippen LogP) is 3.48. The molecule has 3 aromatic rings. The number of carbonyl (C=O) groups excluding carboxylic acids is 1. The molecule has 1 saturated heterocycles. The normalized spacial score (nSPS) is 19.7. The Hall–Kier alpha value is -2.96. The Labute approximate surface area is 170 Å². The van der Waals surface area contributed by atoms with Crippen LogP contribution in [-0.4, -0.2) is 37.3 Å². The molecule has 0 N–H and O–H groups in total. The van der Waals surface area contributed by atoms with E-state index in [9.17, 15) is 4.79 Å². The second kappa shape index (κ2) is 7.81. The third-order valence-corrected chi connectivity index (χ3v) is 5.94. The van der Waals surface area contributed by atoms with Crippen molar-refractivity contribution in [2.24, 2.45) is 7.05 Å². The van der Waals surface area contributed by atoms with Crippen molar-refractivity contribution in [1.29, 1.82) is 0 Å². The van der Waals surface area contributed by atoms with Crippen molar-refractivity contribution in [3.8, 4) is 0 Å². The summed E-state index contributed by atoms with van der Waals surface area (Å²) in [4.78, 5) is 19.2. The van der Waals surface area contributed by atoms with E-state index in [1.807, 2.05) is 29.6 Å². The van der Waals surface area contributed by atoms with E-state index in [0.29, 0.717) is 37.5 Å². The first kappa shape index (κ1) is 19.4. The topological polar surface area (TPSA) is 77.1 Å². The van der Waals surface area contributed by atoms with Crippen molar-refractivity contribution >= 4 is 5.91 Å². The van der Waals surface area contributed by atoms with Crippen LogP contribution in [0.2, 0.25) is 0 Å². The van der Waals surface area contributed by atoms with Gasteiger partial charge in [0.1, 0.15) is 0 Å². The molecule has 1 aromatic carbocycles. The van der Waals surface area contributed by atoms with Gasteiger partial charge in [-0.1, -0.05) is 23.4 Å². The standard InChI is InChI=1S/C22H27N5O2/c1-5-27-20(28)9-8-17(21(27)18-10-11-23-26(18)4)22-24-19(25-29-22)13-16-7-6-14(2)15(3)12-16/h6-7,10-12,17,21H,5,8-9,13H2,1-4H3/t17-,21-/m0/s1. The minimum Gasteiger partial charge on any atom is -0.339 e. The monoisotopic (exact) mass is 393 g/mol. The minimum atomic E-state index is -0.149. The van der Waals surface area contributed by atoms with Gasteiger partial charge in [0, 0.05) is 32.6 Å². The lowest BCUT2D eigenvalue weighted by Gasteiger charge is -2.39. The summed E-state index contributed by atoms with van der Waals surface area (Å²) in [6.45, 7) is 6.85. The van der Waals surface area contributed by atoms with Crippen LogP contribution in [-0.2, 0) is 18.3 Å². The molecule has 2 aromatic heterocycles. The fraction of sp³-hybridized carbons (Fsp3) is 0.455. The highest BCUT2D eigenvalue weighted by Crippen LogP contribution is 2.42. The van der Waals surface area contributed by atoms with Gasteiger partial charge in [-0.15, -0.1) is 0 Å². The minimum absolute atomic E-state index is 0.0379. The SMILES string of the molecule is CCN1C(=O)CC[C@H](c2nc(Cc3ccc(C)c(C)c3)no2)[C@H]1c1ccnn1C. The zero-order valence-electron chi connectivity index (χ0n) is 17.4. The molecule has 0 aliphatic carbocycles. The number of benzene rings is 1. The maximum atomic E-state index is 12.6. The van der Waals surface area contributed by atoms with E-state index in [4.69, 9.17) is 9.51 Å². The third kappa shape index (κ3) is 3.69. The van der Waals surface area contributed by atoms with Crippen LogP contribution in [0.1, 0.15) is 65.8 Å². The van der Waals surface area contributed by atoms with E-state index in [0.717, 1.165) is 11.3 Å². The molecule has 4 rings (SSSR count). The van der Waals surface area contributed by atoms with Gasteiger partial charge in [0.2, 0.25) is 11.8 Å². The molecule has 0 unspecified atom stereocenters. The molecule has 0 bridgehead atoms. The molecule has 1 amide bonds. The molecule has 2 atom stereocenters. The van der Waals surface area contributed by atoms with E-state index in [1.165, 1.54) is 11.1 Å². The predicted molar refractivity (Wildman–Crippen MR) is 108 cm³/mol.